The van der Waals surface area contributed by atoms with Crippen LogP contribution in [0, 0.1) is 0 Å². The fourth-order valence-electron chi connectivity index (χ4n) is 0.970. The number of aromatic nitrogens is 1. The van der Waals surface area contributed by atoms with Crippen LogP contribution in [0.4, 0.5) is 0 Å². The number of hydrogen-bond acceptors (Lipinski definition) is 5. The predicted molar refractivity (Wildman–Crippen MR) is 50.3 cm³/mol. The van der Waals surface area contributed by atoms with Crippen LogP contribution < -0.4 is 5.73 Å². The minimum atomic E-state index is -0.729. The molecule has 1 aromatic rings. The molecular weight excluding hydrogens is 188 g/mol. The third kappa shape index (κ3) is 2.50. The first-order valence-corrected chi connectivity index (χ1v) is 4.66. The van der Waals surface area contributed by atoms with Crippen molar-refractivity contribution in [2.45, 2.75) is 18.9 Å². The van der Waals surface area contributed by atoms with Crippen molar-refractivity contribution in [3.63, 3.8) is 0 Å². The van der Waals surface area contributed by atoms with Gasteiger partial charge in [-0.1, -0.05) is 0 Å². The van der Waals surface area contributed by atoms with E-state index in [4.69, 9.17) is 5.73 Å². The summed E-state index contributed by atoms with van der Waals surface area (Å²) < 4.78 is 8.62. The minimum absolute atomic E-state index is 0.146. The van der Waals surface area contributed by atoms with E-state index in [9.17, 15) is 4.79 Å². The van der Waals surface area contributed by atoms with Gasteiger partial charge in [0.25, 0.3) is 0 Å². The van der Waals surface area contributed by atoms with E-state index in [0.29, 0.717) is 0 Å². The Morgan fingerprint density at radius 1 is 1.85 bits per heavy atom. The Balaban J connectivity index is 2.72. The van der Waals surface area contributed by atoms with Crippen molar-refractivity contribution in [3.8, 4) is 0 Å². The summed E-state index contributed by atoms with van der Waals surface area (Å²) in [5.74, 6) is -0.321. The van der Waals surface area contributed by atoms with Crippen molar-refractivity contribution in [2.75, 3.05) is 7.11 Å². The van der Waals surface area contributed by atoms with E-state index in [0.717, 1.165) is 5.69 Å². The molecule has 0 aliphatic carbocycles. The second-order valence-corrected chi connectivity index (χ2v) is 3.72. The lowest BCUT2D eigenvalue weighted by atomic mass is 9.95. The lowest BCUT2D eigenvalue weighted by molar-refractivity contribution is -0.142. The molecule has 0 radical (unpaired) electrons. The van der Waals surface area contributed by atoms with Gasteiger partial charge < -0.3 is 10.5 Å². The van der Waals surface area contributed by atoms with Gasteiger partial charge in [0.2, 0.25) is 0 Å². The van der Waals surface area contributed by atoms with Gasteiger partial charge >= 0.3 is 5.97 Å². The molecule has 0 aliphatic heterocycles. The van der Waals surface area contributed by atoms with Crippen LogP contribution in [0.15, 0.2) is 11.4 Å². The molecule has 1 rings (SSSR count). The van der Waals surface area contributed by atoms with Crippen LogP contribution in [0.3, 0.4) is 0 Å². The van der Waals surface area contributed by atoms with Crippen LogP contribution >= 0.6 is 11.5 Å². The largest absolute Gasteiger partial charge is 0.469 e. The Morgan fingerprint density at radius 3 is 3.00 bits per heavy atom. The van der Waals surface area contributed by atoms with Crippen molar-refractivity contribution >= 4 is 17.5 Å². The van der Waals surface area contributed by atoms with Gasteiger partial charge in [-0.2, -0.15) is 4.37 Å². The topological polar surface area (TPSA) is 65.2 Å². The molecule has 5 heteroatoms. The van der Waals surface area contributed by atoms with Gasteiger partial charge in [0, 0.05) is 5.38 Å². The van der Waals surface area contributed by atoms with Crippen LogP contribution in [0.1, 0.15) is 19.0 Å². The van der Waals surface area contributed by atoms with Crippen LogP contribution in [-0.4, -0.2) is 17.5 Å². The average Bonchev–Trinajstić information content (AvgIpc) is 2.55. The molecule has 13 heavy (non-hydrogen) atoms. The highest BCUT2D eigenvalue weighted by Crippen LogP contribution is 2.21. The molecule has 1 aromatic heterocycles. The minimum Gasteiger partial charge on any atom is -0.469 e. The lowest BCUT2D eigenvalue weighted by Gasteiger charge is -2.20. The summed E-state index contributed by atoms with van der Waals surface area (Å²) in [6.07, 6.45) is 0.146. The van der Waals surface area contributed by atoms with Crippen LogP contribution in [-0.2, 0) is 15.1 Å². The second kappa shape index (κ2) is 3.85. The Morgan fingerprint density at radius 2 is 2.54 bits per heavy atom. The first-order chi connectivity index (χ1) is 6.06. The van der Waals surface area contributed by atoms with E-state index in [1.807, 2.05) is 11.4 Å². The number of esters is 1. The number of nitrogens with zero attached hydrogens (tertiary/aromatic N) is 1. The summed E-state index contributed by atoms with van der Waals surface area (Å²) in [4.78, 5) is 11.0. The fourth-order valence-corrected chi connectivity index (χ4v) is 1.60. The van der Waals surface area contributed by atoms with Gasteiger partial charge in [-0.25, -0.2) is 0 Å². The molecule has 4 nitrogen and oxygen atoms in total. The molecular formula is C8H12N2O2S. The van der Waals surface area contributed by atoms with Gasteiger partial charge in [-0.3, -0.25) is 4.79 Å². The Kier molecular flexibility index (Phi) is 3.00. The van der Waals surface area contributed by atoms with E-state index in [2.05, 4.69) is 9.11 Å². The third-order valence-electron chi connectivity index (χ3n) is 1.76. The second-order valence-electron chi connectivity index (χ2n) is 3.06. The zero-order chi connectivity index (χ0) is 9.90. The van der Waals surface area contributed by atoms with E-state index < -0.39 is 5.54 Å². The van der Waals surface area contributed by atoms with E-state index >= 15 is 0 Å². The van der Waals surface area contributed by atoms with Crippen LogP contribution in [0.5, 0.6) is 0 Å². The monoisotopic (exact) mass is 200 g/mol. The van der Waals surface area contributed by atoms with Crippen molar-refractivity contribution in [1.82, 2.24) is 4.37 Å². The summed E-state index contributed by atoms with van der Waals surface area (Å²) in [5.41, 5.74) is 5.90. The molecule has 0 fully saturated rings. The number of ether oxygens (including phenoxy) is 1. The molecule has 1 heterocycles. The molecule has 72 valence electrons. The van der Waals surface area contributed by atoms with E-state index in [1.54, 1.807) is 6.92 Å². The molecule has 0 aliphatic rings. The third-order valence-corrected chi connectivity index (χ3v) is 2.32. The molecule has 0 amide bonds. The molecule has 0 saturated heterocycles. The van der Waals surface area contributed by atoms with Crippen molar-refractivity contribution < 1.29 is 9.53 Å². The number of carbonyl (C=O) groups excluding carboxylic acids is 1. The first-order valence-electron chi connectivity index (χ1n) is 3.83. The highest BCUT2D eigenvalue weighted by Gasteiger charge is 2.27. The molecule has 1 atom stereocenters. The summed E-state index contributed by atoms with van der Waals surface area (Å²) >= 11 is 1.32. The number of carbonyl (C=O) groups is 1. The van der Waals surface area contributed by atoms with Crippen molar-refractivity contribution in [1.29, 1.82) is 0 Å². The maximum absolute atomic E-state index is 11.0. The standard InChI is InChI=1S/C8H12N2O2S/c1-8(9,5-7(11)12-2)6-3-4-13-10-6/h3-4H,5,9H2,1-2H3/t8-/m0/s1. The van der Waals surface area contributed by atoms with E-state index in [-0.39, 0.29) is 12.4 Å². The summed E-state index contributed by atoms with van der Waals surface area (Å²) in [7, 11) is 1.35. The lowest BCUT2D eigenvalue weighted by Crippen LogP contribution is -2.36. The number of hydrogen-bond donors (Lipinski definition) is 1. The predicted octanol–water partition coefficient (Wildman–Crippen LogP) is 0.880. The highest BCUT2D eigenvalue weighted by atomic mass is 32.1. The smallest absolute Gasteiger partial charge is 0.307 e. The SMILES string of the molecule is COC(=O)C[C@](C)(N)c1ccsn1. The van der Waals surface area contributed by atoms with Gasteiger partial charge in [0.15, 0.2) is 0 Å². The zero-order valence-corrected chi connectivity index (χ0v) is 8.43. The Hall–Kier alpha value is -0.940. The molecule has 0 spiro atoms. The van der Waals surface area contributed by atoms with Crippen molar-refractivity contribution in [3.05, 3.63) is 17.1 Å². The molecule has 0 aromatic carbocycles. The molecule has 0 unspecified atom stereocenters. The summed E-state index contributed by atoms with van der Waals surface area (Å²) in [6.45, 7) is 1.76. The van der Waals surface area contributed by atoms with Gasteiger partial charge in [0.1, 0.15) is 0 Å². The van der Waals surface area contributed by atoms with Gasteiger partial charge in [0.05, 0.1) is 24.8 Å². The maximum Gasteiger partial charge on any atom is 0.307 e. The summed E-state index contributed by atoms with van der Waals surface area (Å²) in [5, 5.41) is 1.83. The average molecular weight is 200 g/mol. The fraction of sp³-hybridized carbons (Fsp3) is 0.500. The van der Waals surface area contributed by atoms with Crippen molar-refractivity contribution in [2.24, 2.45) is 5.73 Å². The number of nitrogens with two attached hydrogens (primary N) is 1. The summed E-state index contributed by atoms with van der Waals surface area (Å²) in [6, 6.07) is 1.81. The first kappa shape index (κ1) is 10.1. The Labute approximate surface area is 80.9 Å². The molecule has 0 bridgehead atoms. The molecule has 0 saturated carbocycles. The van der Waals surface area contributed by atoms with Crippen LogP contribution in [0.25, 0.3) is 0 Å². The van der Waals surface area contributed by atoms with E-state index in [1.165, 1.54) is 18.6 Å². The van der Waals surface area contributed by atoms with Gasteiger partial charge in [-0.15, -0.1) is 0 Å². The van der Waals surface area contributed by atoms with Gasteiger partial charge in [-0.05, 0) is 24.5 Å². The highest BCUT2D eigenvalue weighted by molar-refractivity contribution is 7.03. The Bertz CT molecular complexity index is 282. The number of rotatable bonds is 3. The number of methoxy groups -OCH3 is 1. The maximum atomic E-state index is 11.0. The quantitative estimate of drug-likeness (QED) is 0.735. The van der Waals surface area contributed by atoms with Crippen LogP contribution in [0.2, 0.25) is 0 Å². The normalized spacial score (nSPS) is 15.0. The molecule has 2 N–H and O–H groups in total. The zero-order valence-electron chi connectivity index (χ0n) is 7.61.